The number of hydrogen-bond acceptors (Lipinski definition) is 3. The molecule has 272 valence electrons. The molecule has 5 heteroatoms. The lowest BCUT2D eigenvalue weighted by Crippen LogP contribution is -2.74. The van der Waals surface area contributed by atoms with Gasteiger partial charge in [-0.25, -0.2) is 9.97 Å². The third kappa shape index (κ3) is 5.92. The zero-order chi connectivity index (χ0) is 38.9. The van der Waals surface area contributed by atoms with Gasteiger partial charge in [0.25, 0.3) is 0 Å². The fourth-order valence-electron chi connectivity index (χ4n) is 8.61. The molecule has 0 bridgehead atoms. The predicted octanol–water partition coefficient (Wildman–Crippen LogP) is 9.82. The minimum Gasteiger partial charge on any atom is -0.309 e. The van der Waals surface area contributed by atoms with Gasteiger partial charge in [0.2, 0.25) is 0 Å². The molecule has 0 N–H and O–H groups in total. The summed E-state index contributed by atoms with van der Waals surface area (Å²) in [7, 11) is -2.79. The number of fused-ring (bicyclic) bond motifs is 3. The highest BCUT2D eigenvalue weighted by molar-refractivity contribution is 7.19. The van der Waals surface area contributed by atoms with Gasteiger partial charge in [-0.2, -0.15) is 5.26 Å². The molecule has 58 heavy (non-hydrogen) atoms. The van der Waals surface area contributed by atoms with E-state index in [1.54, 1.807) is 0 Å². The monoisotopic (exact) mass is 756 g/mol. The number of nitriles is 1. The Bertz CT molecular complexity index is 3020. The number of hydrogen-bond donors (Lipinski definition) is 0. The Morgan fingerprint density at radius 3 is 1.59 bits per heavy atom. The molecule has 10 rings (SSSR count). The highest BCUT2D eigenvalue weighted by atomic mass is 28.3. The molecule has 0 saturated heterocycles. The van der Waals surface area contributed by atoms with Crippen molar-refractivity contribution in [2.24, 2.45) is 0 Å². The van der Waals surface area contributed by atoms with E-state index >= 15 is 0 Å². The molecule has 0 aliphatic carbocycles. The third-order valence-electron chi connectivity index (χ3n) is 11.2. The Balaban J connectivity index is 1.22. The van der Waals surface area contributed by atoms with Crippen LogP contribution in [0, 0.1) is 11.3 Å². The van der Waals surface area contributed by atoms with E-state index in [4.69, 9.17) is 9.97 Å². The van der Waals surface area contributed by atoms with Crippen molar-refractivity contribution in [1.29, 1.82) is 5.26 Å². The second kappa shape index (κ2) is 14.8. The molecule has 0 atom stereocenters. The predicted molar refractivity (Wildman–Crippen MR) is 241 cm³/mol. The van der Waals surface area contributed by atoms with E-state index in [2.05, 4.69) is 205 Å². The minimum atomic E-state index is -2.79. The molecule has 10 aromatic rings. The fraction of sp³-hybridized carbons (Fsp3) is 0. The van der Waals surface area contributed by atoms with Crippen molar-refractivity contribution in [1.82, 2.24) is 14.5 Å². The highest BCUT2D eigenvalue weighted by Gasteiger charge is 2.41. The van der Waals surface area contributed by atoms with Crippen LogP contribution in [0.15, 0.2) is 218 Å². The number of benzene rings is 8. The molecule has 0 aliphatic heterocycles. The van der Waals surface area contributed by atoms with E-state index in [9.17, 15) is 5.26 Å². The van der Waals surface area contributed by atoms with Crippen LogP contribution in [0.4, 0.5) is 0 Å². The Kier molecular flexibility index (Phi) is 8.87. The summed E-state index contributed by atoms with van der Waals surface area (Å²) in [5.74, 6) is 0.634. The van der Waals surface area contributed by atoms with Gasteiger partial charge in [-0.05, 0) is 63.2 Å². The fourth-order valence-corrected chi connectivity index (χ4v) is 13.4. The number of para-hydroxylation sites is 2. The first-order chi connectivity index (χ1) is 28.7. The molecule has 0 spiro atoms. The Labute approximate surface area is 338 Å². The van der Waals surface area contributed by atoms with Crippen molar-refractivity contribution in [2.75, 3.05) is 0 Å². The summed E-state index contributed by atoms with van der Waals surface area (Å²) in [6.07, 6.45) is 0. The molecule has 4 nitrogen and oxygen atoms in total. The summed E-state index contributed by atoms with van der Waals surface area (Å²) in [4.78, 5) is 10.8. The molecular formula is C53H36N4Si. The lowest BCUT2D eigenvalue weighted by atomic mass is 10.1. The van der Waals surface area contributed by atoms with Crippen molar-refractivity contribution >= 4 is 50.6 Å². The van der Waals surface area contributed by atoms with Crippen molar-refractivity contribution in [3.8, 4) is 45.7 Å². The SMILES string of the molecule is N#Cc1ccc2c(c1)c1ccccc1n2-c1ccccc1-c1nc(-c2ccccc2)cc(-c2cccc([Si](c3ccccc3)(c3ccccc3)c3ccccc3)c2)n1. The zero-order valence-corrected chi connectivity index (χ0v) is 32.6. The van der Waals surface area contributed by atoms with Gasteiger partial charge in [0.05, 0.1) is 39.7 Å². The molecular weight excluding hydrogens is 721 g/mol. The molecule has 0 fully saturated rings. The van der Waals surface area contributed by atoms with Gasteiger partial charge in [-0.1, -0.05) is 176 Å². The van der Waals surface area contributed by atoms with Crippen LogP contribution < -0.4 is 20.7 Å². The van der Waals surface area contributed by atoms with E-state index in [-0.39, 0.29) is 0 Å². The molecule has 0 amide bonds. The Morgan fingerprint density at radius 1 is 0.414 bits per heavy atom. The van der Waals surface area contributed by atoms with Gasteiger partial charge >= 0.3 is 0 Å². The van der Waals surface area contributed by atoms with Crippen molar-refractivity contribution < 1.29 is 0 Å². The molecule has 2 aromatic heterocycles. The maximum atomic E-state index is 9.79. The summed E-state index contributed by atoms with van der Waals surface area (Å²) in [5.41, 5.74) is 8.31. The first-order valence-electron chi connectivity index (χ1n) is 19.5. The highest BCUT2D eigenvalue weighted by Crippen LogP contribution is 2.37. The quantitative estimate of drug-likeness (QED) is 0.115. The third-order valence-corrected chi connectivity index (χ3v) is 16.0. The molecule has 8 aromatic carbocycles. The van der Waals surface area contributed by atoms with Crippen LogP contribution in [0.3, 0.4) is 0 Å². The summed E-state index contributed by atoms with van der Waals surface area (Å²) in [6.45, 7) is 0. The average molecular weight is 757 g/mol. The molecule has 0 saturated carbocycles. The van der Waals surface area contributed by atoms with E-state index in [0.717, 1.165) is 55.6 Å². The summed E-state index contributed by atoms with van der Waals surface area (Å²) in [6, 6.07) is 79.5. The second-order valence-corrected chi connectivity index (χ2v) is 18.3. The van der Waals surface area contributed by atoms with Crippen LogP contribution in [-0.2, 0) is 0 Å². The summed E-state index contributed by atoms with van der Waals surface area (Å²) < 4.78 is 2.28. The van der Waals surface area contributed by atoms with Crippen LogP contribution >= 0.6 is 0 Å². The largest absolute Gasteiger partial charge is 0.309 e. The molecule has 0 aliphatic rings. The van der Waals surface area contributed by atoms with E-state index < -0.39 is 8.07 Å². The molecule has 0 unspecified atom stereocenters. The van der Waals surface area contributed by atoms with Crippen molar-refractivity contribution in [3.63, 3.8) is 0 Å². The van der Waals surface area contributed by atoms with E-state index in [1.165, 1.54) is 20.7 Å². The second-order valence-electron chi connectivity index (χ2n) is 14.5. The van der Waals surface area contributed by atoms with Crippen LogP contribution in [0.1, 0.15) is 5.56 Å². The zero-order valence-electron chi connectivity index (χ0n) is 31.6. The molecule has 2 heterocycles. The summed E-state index contributed by atoms with van der Waals surface area (Å²) in [5, 5.41) is 17.1. The summed E-state index contributed by atoms with van der Waals surface area (Å²) >= 11 is 0. The van der Waals surface area contributed by atoms with E-state index in [1.807, 2.05) is 24.3 Å². The van der Waals surface area contributed by atoms with Crippen molar-refractivity contribution in [3.05, 3.63) is 224 Å². The van der Waals surface area contributed by atoms with Crippen LogP contribution in [0.2, 0.25) is 0 Å². The first-order valence-corrected chi connectivity index (χ1v) is 21.5. The normalized spacial score (nSPS) is 11.4. The Morgan fingerprint density at radius 2 is 0.931 bits per heavy atom. The maximum Gasteiger partial charge on any atom is 0.179 e. The first kappa shape index (κ1) is 34.8. The minimum absolute atomic E-state index is 0.633. The van der Waals surface area contributed by atoms with Crippen molar-refractivity contribution in [2.45, 2.75) is 0 Å². The lowest BCUT2D eigenvalue weighted by Gasteiger charge is -2.34. The maximum absolute atomic E-state index is 9.79. The van der Waals surface area contributed by atoms with Crippen LogP contribution in [0.5, 0.6) is 0 Å². The van der Waals surface area contributed by atoms with Gasteiger partial charge in [-0.15, -0.1) is 0 Å². The number of rotatable bonds is 8. The van der Waals surface area contributed by atoms with E-state index in [0.29, 0.717) is 11.4 Å². The molecule has 0 radical (unpaired) electrons. The van der Waals surface area contributed by atoms with Gasteiger partial charge in [0, 0.05) is 27.5 Å². The smallest absolute Gasteiger partial charge is 0.179 e. The lowest BCUT2D eigenvalue weighted by molar-refractivity contribution is 1.14. The van der Waals surface area contributed by atoms with Gasteiger partial charge in [-0.3, -0.25) is 0 Å². The standard InChI is InChI=1S/C53H36N4Si/c54-37-38-32-33-52-47(34-38)45-28-13-15-30-50(45)57(52)51-31-16-14-29-46(51)53-55-48(39-18-5-1-6-19-39)36-49(56-53)40-20-17-27-44(35-40)58(41-21-7-2-8-22-41,42-23-9-3-10-24-42)43-25-11-4-12-26-43/h1-36H. The average Bonchev–Trinajstić information content (AvgIpc) is 3.64. The number of nitrogens with zero attached hydrogens (tertiary/aromatic N) is 4. The Hall–Kier alpha value is -7.65. The van der Waals surface area contributed by atoms with Gasteiger partial charge < -0.3 is 4.57 Å². The topological polar surface area (TPSA) is 54.5 Å². The van der Waals surface area contributed by atoms with Gasteiger partial charge in [0.15, 0.2) is 13.9 Å². The number of aromatic nitrogens is 3. The van der Waals surface area contributed by atoms with Crippen LogP contribution in [-0.4, -0.2) is 22.6 Å². The van der Waals surface area contributed by atoms with Crippen LogP contribution in [0.25, 0.3) is 61.4 Å². The van der Waals surface area contributed by atoms with Gasteiger partial charge in [0.1, 0.15) is 0 Å².